The average molecular weight is 267 g/mol. The Morgan fingerprint density at radius 2 is 1.94 bits per heavy atom. The molecule has 0 N–H and O–H groups in total. The van der Waals surface area contributed by atoms with Crippen LogP contribution < -0.4 is 0 Å². The Morgan fingerprint density at radius 1 is 1.28 bits per heavy atom. The summed E-state index contributed by atoms with van der Waals surface area (Å²) in [6, 6.07) is 9.70. The maximum absolute atomic E-state index is 11.9. The van der Waals surface area contributed by atoms with Crippen LogP contribution in [0.15, 0.2) is 35.2 Å². The van der Waals surface area contributed by atoms with Crippen molar-refractivity contribution in [2.24, 2.45) is 0 Å². The molecule has 18 heavy (non-hydrogen) atoms. The van der Waals surface area contributed by atoms with Gasteiger partial charge in [0.15, 0.2) is 0 Å². The van der Waals surface area contributed by atoms with Gasteiger partial charge in [-0.3, -0.25) is 9.59 Å². The molecular weight excluding hydrogens is 250 g/mol. The summed E-state index contributed by atoms with van der Waals surface area (Å²) in [5, 5.41) is 0. The van der Waals surface area contributed by atoms with Gasteiger partial charge in [0.25, 0.3) is 0 Å². The van der Waals surface area contributed by atoms with Crippen LogP contribution >= 0.6 is 11.8 Å². The first-order chi connectivity index (χ1) is 8.67. The van der Waals surface area contributed by atoms with E-state index < -0.39 is 5.97 Å². The Kier molecular flexibility index (Phi) is 6.28. The second-order valence-corrected chi connectivity index (χ2v) is 4.63. The number of amides is 1. The SMILES string of the molecule is CCN(CC(=O)OC)C(=O)CSc1ccccc1. The van der Waals surface area contributed by atoms with E-state index >= 15 is 0 Å². The zero-order valence-corrected chi connectivity index (χ0v) is 11.4. The quantitative estimate of drug-likeness (QED) is 0.582. The molecule has 0 fully saturated rings. The van der Waals surface area contributed by atoms with E-state index in [4.69, 9.17) is 0 Å². The molecule has 98 valence electrons. The second kappa shape index (κ2) is 7.76. The first-order valence-electron chi connectivity index (χ1n) is 5.69. The number of esters is 1. The van der Waals surface area contributed by atoms with Crippen molar-refractivity contribution in [3.63, 3.8) is 0 Å². The smallest absolute Gasteiger partial charge is 0.325 e. The Morgan fingerprint density at radius 3 is 2.50 bits per heavy atom. The fourth-order valence-corrected chi connectivity index (χ4v) is 2.17. The average Bonchev–Trinajstić information content (AvgIpc) is 2.42. The Labute approximate surface area is 111 Å². The fourth-order valence-electron chi connectivity index (χ4n) is 1.35. The van der Waals surface area contributed by atoms with E-state index in [2.05, 4.69) is 4.74 Å². The van der Waals surface area contributed by atoms with Gasteiger partial charge in [-0.05, 0) is 19.1 Å². The number of carbonyl (C=O) groups is 2. The van der Waals surface area contributed by atoms with Gasteiger partial charge >= 0.3 is 5.97 Å². The zero-order valence-electron chi connectivity index (χ0n) is 10.6. The van der Waals surface area contributed by atoms with Gasteiger partial charge in [-0.15, -0.1) is 11.8 Å². The molecule has 0 atom stereocenters. The summed E-state index contributed by atoms with van der Waals surface area (Å²) >= 11 is 1.46. The van der Waals surface area contributed by atoms with Gasteiger partial charge in [0.05, 0.1) is 12.9 Å². The van der Waals surface area contributed by atoms with Crippen molar-refractivity contribution >= 4 is 23.6 Å². The van der Waals surface area contributed by atoms with Crippen LogP contribution in [0.4, 0.5) is 0 Å². The molecule has 4 nitrogen and oxygen atoms in total. The highest BCUT2D eigenvalue weighted by molar-refractivity contribution is 8.00. The molecule has 0 radical (unpaired) electrons. The lowest BCUT2D eigenvalue weighted by molar-refractivity contribution is -0.146. The summed E-state index contributed by atoms with van der Waals surface area (Å²) in [4.78, 5) is 25.6. The number of nitrogens with zero attached hydrogens (tertiary/aromatic N) is 1. The van der Waals surface area contributed by atoms with Crippen molar-refractivity contribution in [2.75, 3.05) is 26.0 Å². The fraction of sp³-hybridized carbons (Fsp3) is 0.385. The number of rotatable bonds is 6. The zero-order chi connectivity index (χ0) is 13.4. The minimum absolute atomic E-state index is 0.0151. The third-order valence-corrected chi connectivity index (χ3v) is 3.38. The molecule has 0 saturated heterocycles. The van der Waals surface area contributed by atoms with Gasteiger partial charge in [-0.2, -0.15) is 0 Å². The number of ether oxygens (including phenoxy) is 1. The highest BCUT2D eigenvalue weighted by atomic mass is 32.2. The van der Waals surface area contributed by atoms with Crippen molar-refractivity contribution in [3.05, 3.63) is 30.3 Å². The maximum atomic E-state index is 11.9. The normalized spacial score (nSPS) is 9.89. The van der Waals surface area contributed by atoms with E-state index in [1.54, 1.807) is 0 Å². The number of thioether (sulfide) groups is 1. The van der Waals surface area contributed by atoms with Crippen LogP contribution in [0.3, 0.4) is 0 Å². The maximum Gasteiger partial charge on any atom is 0.325 e. The molecule has 0 bridgehead atoms. The molecule has 5 heteroatoms. The minimum Gasteiger partial charge on any atom is -0.468 e. The molecule has 1 aromatic rings. The summed E-state index contributed by atoms with van der Waals surface area (Å²) in [7, 11) is 1.32. The van der Waals surface area contributed by atoms with Crippen LogP contribution in [0.1, 0.15) is 6.92 Å². The van der Waals surface area contributed by atoms with Crippen molar-refractivity contribution in [1.82, 2.24) is 4.90 Å². The number of hydrogen-bond donors (Lipinski definition) is 0. The minimum atomic E-state index is -0.394. The molecule has 1 rings (SSSR count). The highest BCUT2D eigenvalue weighted by Crippen LogP contribution is 2.17. The lowest BCUT2D eigenvalue weighted by atomic mass is 10.4. The molecule has 1 amide bonds. The number of methoxy groups -OCH3 is 1. The van der Waals surface area contributed by atoms with Crippen LogP contribution in [-0.2, 0) is 14.3 Å². The molecule has 0 saturated carbocycles. The van der Waals surface area contributed by atoms with Gasteiger partial charge in [0.2, 0.25) is 5.91 Å². The number of carbonyl (C=O) groups excluding carboxylic acids is 2. The van der Waals surface area contributed by atoms with Crippen molar-refractivity contribution in [3.8, 4) is 0 Å². The van der Waals surface area contributed by atoms with Gasteiger partial charge in [-0.1, -0.05) is 18.2 Å². The Bertz CT molecular complexity index is 394. The van der Waals surface area contributed by atoms with E-state index in [1.807, 2.05) is 37.3 Å². The summed E-state index contributed by atoms with van der Waals surface area (Å²) in [5.41, 5.74) is 0. The van der Waals surface area contributed by atoms with Crippen molar-refractivity contribution in [1.29, 1.82) is 0 Å². The molecule has 0 aliphatic carbocycles. The number of likely N-dealkylation sites (N-methyl/N-ethyl adjacent to an activating group) is 1. The Balaban J connectivity index is 2.45. The van der Waals surface area contributed by atoms with Crippen molar-refractivity contribution < 1.29 is 14.3 Å². The molecule has 1 aromatic carbocycles. The third kappa shape index (κ3) is 4.79. The van der Waals surface area contributed by atoms with Crippen LogP contribution in [0.2, 0.25) is 0 Å². The Hall–Kier alpha value is -1.49. The van der Waals surface area contributed by atoms with Crippen LogP contribution in [0, 0.1) is 0 Å². The van der Waals surface area contributed by atoms with E-state index in [1.165, 1.54) is 23.8 Å². The molecular formula is C13H17NO3S. The van der Waals surface area contributed by atoms with Gasteiger partial charge in [0, 0.05) is 11.4 Å². The molecule has 0 aliphatic rings. The topological polar surface area (TPSA) is 46.6 Å². The predicted octanol–water partition coefficient (Wildman–Crippen LogP) is 1.80. The van der Waals surface area contributed by atoms with Crippen LogP contribution in [0.5, 0.6) is 0 Å². The van der Waals surface area contributed by atoms with Gasteiger partial charge in [-0.25, -0.2) is 0 Å². The van der Waals surface area contributed by atoms with Gasteiger partial charge < -0.3 is 9.64 Å². The van der Waals surface area contributed by atoms with E-state index in [0.717, 1.165) is 4.90 Å². The molecule has 0 aliphatic heterocycles. The summed E-state index contributed by atoms with van der Waals surface area (Å²) in [5.74, 6) is -0.124. The summed E-state index contributed by atoms with van der Waals surface area (Å²) in [6.45, 7) is 2.36. The molecule has 0 spiro atoms. The molecule has 0 heterocycles. The molecule has 0 unspecified atom stereocenters. The van der Waals surface area contributed by atoms with Crippen molar-refractivity contribution in [2.45, 2.75) is 11.8 Å². The van der Waals surface area contributed by atoms with Gasteiger partial charge in [0.1, 0.15) is 6.54 Å². The van der Waals surface area contributed by atoms with E-state index in [-0.39, 0.29) is 12.5 Å². The molecule has 0 aromatic heterocycles. The predicted molar refractivity (Wildman–Crippen MR) is 71.4 cm³/mol. The monoisotopic (exact) mass is 267 g/mol. The lowest BCUT2D eigenvalue weighted by Gasteiger charge is -2.19. The second-order valence-electron chi connectivity index (χ2n) is 3.59. The highest BCUT2D eigenvalue weighted by Gasteiger charge is 2.15. The van der Waals surface area contributed by atoms with E-state index in [0.29, 0.717) is 12.3 Å². The number of hydrogen-bond acceptors (Lipinski definition) is 4. The summed E-state index contributed by atoms with van der Waals surface area (Å²) in [6.07, 6.45) is 0. The first kappa shape index (κ1) is 14.6. The standard InChI is InChI=1S/C13H17NO3S/c1-3-14(9-13(16)17-2)12(15)10-18-11-7-5-4-6-8-11/h4-8H,3,9-10H2,1-2H3. The van der Waals surface area contributed by atoms with E-state index in [9.17, 15) is 9.59 Å². The van der Waals surface area contributed by atoms with Crippen LogP contribution in [-0.4, -0.2) is 42.7 Å². The largest absolute Gasteiger partial charge is 0.468 e. The summed E-state index contributed by atoms with van der Waals surface area (Å²) < 4.78 is 4.56. The number of benzene rings is 1. The lowest BCUT2D eigenvalue weighted by Crippen LogP contribution is -2.37. The van der Waals surface area contributed by atoms with Crippen LogP contribution in [0.25, 0.3) is 0 Å². The third-order valence-electron chi connectivity index (χ3n) is 2.39. The first-order valence-corrected chi connectivity index (χ1v) is 6.68.